The van der Waals surface area contributed by atoms with Crippen molar-refractivity contribution in [2.75, 3.05) is 25.5 Å². The fourth-order valence-electron chi connectivity index (χ4n) is 1.49. The second-order valence-corrected chi connectivity index (χ2v) is 6.50. The van der Waals surface area contributed by atoms with Gasteiger partial charge in [-0.15, -0.1) is 0 Å². The zero-order chi connectivity index (χ0) is 13.8. The molecule has 0 aliphatic carbocycles. The highest BCUT2D eigenvalue weighted by Crippen LogP contribution is 2.14. The van der Waals surface area contributed by atoms with Gasteiger partial charge in [0, 0.05) is 20.1 Å². The normalized spacial score (nSPS) is 12.1. The number of nitrogens with one attached hydrogen (secondary N) is 1. The molecule has 0 saturated heterocycles. The van der Waals surface area contributed by atoms with Gasteiger partial charge in [0.25, 0.3) is 0 Å². The van der Waals surface area contributed by atoms with Crippen LogP contribution in [0, 0.1) is 5.92 Å². The highest BCUT2D eigenvalue weighted by Gasteiger charge is 2.22. The van der Waals surface area contributed by atoms with E-state index in [0.29, 0.717) is 19.0 Å². The third-order valence-corrected chi connectivity index (χ3v) is 4.07. The molecule has 1 aromatic heterocycles. The third-order valence-electron chi connectivity index (χ3n) is 2.29. The van der Waals surface area contributed by atoms with Crippen LogP contribution in [-0.2, 0) is 10.0 Å². The average molecular weight is 272 g/mol. The first-order chi connectivity index (χ1) is 8.37. The van der Waals surface area contributed by atoms with E-state index in [1.807, 2.05) is 20.8 Å². The number of hydrogen-bond donors (Lipinski definition) is 1. The maximum Gasteiger partial charge on any atom is 0.245 e. The van der Waals surface area contributed by atoms with Gasteiger partial charge in [0.1, 0.15) is 4.90 Å². The molecule has 7 heteroatoms. The van der Waals surface area contributed by atoms with E-state index in [2.05, 4.69) is 15.3 Å². The van der Waals surface area contributed by atoms with E-state index in [9.17, 15) is 8.42 Å². The molecule has 1 rings (SSSR count). The summed E-state index contributed by atoms with van der Waals surface area (Å²) < 4.78 is 25.6. The monoisotopic (exact) mass is 272 g/mol. The Morgan fingerprint density at radius 3 is 2.33 bits per heavy atom. The molecule has 0 fully saturated rings. The van der Waals surface area contributed by atoms with E-state index in [1.165, 1.54) is 16.7 Å². The Hall–Kier alpha value is -1.21. The zero-order valence-corrected chi connectivity index (χ0v) is 12.0. The van der Waals surface area contributed by atoms with Crippen LogP contribution in [0.5, 0.6) is 0 Å². The summed E-state index contributed by atoms with van der Waals surface area (Å²) in [5, 5.41) is 2.92. The Labute approximate surface area is 108 Å². The maximum atomic E-state index is 12.2. The van der Waals surface area contributed by atoms with E-state index in [0.717, 1.165) is 0 Å². The summed E-state index contributed by atoms with van der Waals surface area (Å²) in [7, 11) is -1.92. The number of hydrogen-bond acceptors (Lipinski definition) is 5. The molecule has 0 atom stereocenters. The summed E-state index contributed by atoms with van der Waals surface area (Å²) in [4.78, 5) is 8.05. The summed E-state index contributed by atoms with van der Waals surface area (Å²) >= 11 is 0. The highest BCUT2D eigenvalue weighted by molar-refractivity contribution is 7.89. The van der Waals surface area contributed by atoms with Gasteiger partial charge in [0.2, 0.25) is 16.0 Å². The first-order valence-electron chi connectivity index (χ1n) is 5.90. The van der Waals surface area contributed by atoms with Crippen LogP contribution < -0.4 is 5.32 Å². The zero-order valence-electron chi connectivity index (χ0n) is 11.2. The molecule has 0 saturated carbocycles. The maximum absolute atomic E-state index is 12.2. The van der Waals surface area contributed by atoms with Crippen LogP contribution in [0.1, 0.15) is 20.8 Å². The lowest BCUT2D eigenvalue weighted by Crippen LogP contribution is -2.30. The fourth-order valence-corrected chi connectivity index (χ4v) is 2.72. The number of aromatic nitrogens is 2. The Balaban J connectivity index is 2.91. The van der Waals surface area contributed by atoms with Gasteiger partial charge in [-0.05, 0) is 12.8 Å². The third kappa shape index (κ3) is 3.64. The molecule has 0 aliphatic rings. The van der Waals surface area contributed by atoms with Crippen LogP contribution >= 0.6 is 0 Å². The topological polar surface area (TPSA) is 75.2 Å². The van der Waals surface area contributed by atoms with Crippen molar-refractivity contribution in [2.45, 2.75) is 25.7 Å². The van der Waals surface area contributed by atoms with Gasteiger partial charge in [0.15, 0.2) is 0 Å². The molecule has 0 spiro atoms. The van der Waals surface area contributed by atoms with E-state index in [4.69, 9.17) is 0 Å². The molecule has 102 valence electrons. The summed E-state index contributed by atoms with van der Waals surface area (Å²) in [6.07, 6.45) is 2.66. The summed E-state index contributed by atoms with van der Waals surface area (Å²) in [5.74, 6) is 0.703. The molecule has 0 aliphatic heterocycles. The molecule has 1 N–H and O–H groups in total. The molecule has 0 unspecified atom stereocenters. The minimum Gasteiger partial charge on any atom is -0.355 e. The van der Waals surface area contributed by atoms with Crippen molar-refractivity contribution in [2.24, 2.45) is 5.92 Å². The molecule has 6 nitrogen and oxygen atoms in total. The molecule has 1 aromatic rings. The SMILES string of the molecule is CCNc1ncc(S(=O)(=O)N(C)CC(C)C)cn1. The van der Waals surface area contributed by atoms with Crippen molar-refractivity contribution in [3.05, 3.63) is 12.4 Å². The van der Waals surface area contributed by atoms with Crippen molar-refractivity contribution in [1.82, 2.24) is 14.3 Å². The highest BCUT2D eigenvalue weighted by atomic mass is 32.2. The molecule has 0 radical (unpaired) electrons. The molecule has 1 heterocycles. The van der Waals surface area contributed by atoms with E-state index in [1.54, 1.807) is 7.05 Å². The van der Waals surface area contributed by atoms with Gasteiger partial charge < -0.3 is 5.32 Å². The lowest BCUT2D eigenvalue weighted by atomic mass is 10.2. The van der Waals surface area contributed by atoms with Crippen LogP contribution in [0.3, 0.4) is 0 Å². The smallest absolute Gasteiger partial charge is 0.245 e. The van der Waals surface area contributed by atoms with Crippen molar-refractivity contribution in [3.8, 4) is 0 Å². The second-order valence-electron chi connectivity index (χ2n) is 4.45. The van der Waals surface area contributed by atoms with Crippen molar-refractivity contribution in [3.63, 3.8) is 0 Å². The number of nitrogens with zero attached hydrogens (tertiary/aromatic N) is 3. The van der Waals surface area contributed by atoms with Crippen LogP contribution in [0.15, 0.2) is 17.3 Å². The first-order valence-corrected chi connectivity index (χ1v) is 7.34. The summed E-state index contributed by atoms with van der Waals surface area (Å²) in [5.41, 5.74) is 0. The Morgan fingerprint density at radius 1 is 1.33 bits per heavy atom. The molecule has 0 amide bonds. The van der Waals surface area contributed by atoms with Crippen LogP contribution in [0.25, 0.3) is 0 Å². The number of anilines is 1. The second kappa shape index (κ2) is 6.10. The first kappa shape index (κ1) is 14.8. The van der Waals surface area contributed by atoms with Gasteiger partial charge in [-0.2, -0.15) is 0 Å². The lowest BCUT2D eigenvalue weighted by molar-refractivity contribution is 0.417. The molecule has 0 bridgehead atoms. The van der Waals surface area contributed by atoms with E-state index >= 15 is 0 Å². The predicted octanol–water partition coefficient (Wildman–Crippen LogP) is 1.18. The van der Waals surface area contributed by atoms with Gasteiger partial charge in [-0.25, -0.2) is 22.7 Å². The van der Waals surface area contributed by atoms with Crippen LogP contribution in [0.4, 0.5) is 5.95 Å². The Kier molecular flexibility index (Phi) is 5.03. The molecule has 0 aromatic carbocycles. The summed E-state index contributed by atoms with van der Waals surface area (Å²) in [6, 6.07) is 0. The number of rotatable bonds is 6. The van der Waals surface area contributed by atoms with Gasteiger partial charge in [-0.1, -0.05) is 13.8 Å². The average Bonchev–Trinajstić information content (AvgIpc) is 2.29. The van der Waals surface area contributed by atoms with Crippen molar-refractivity contribution >= 4 is 16.0 Å². The largest absolute Gasteiger partial charge is 0.355 e. The summed E-state index contributed by atoms with van der Waals surface area (Å²) in [6.45, 7) is 7.02. The van der Waals surface area contributed by atoms with Gasteiger partial charge in [0.05, 0.1) is 12.4 Å². The van der Waals surface area contributed by atoms with Gasteiger partial charge >= 0.3 is 0 Å². The van der Waals surface area contributed by atoms with Crippen LogP contribution in [-0.4, -0.2) is 42.8 Å². The lowest BCUT2D eigenvalue weighted by Gasteiger charge is -2.18. The van der Waals surface area contributed by atoms with E-state index < -0.39 is 10.0 Å². The van der Waals surface area contributed by atoms with Crippen molar-refractivity contribution < 1.29 is 8.42 Å². The standard InChI is InChI=1S/C11H20N4O2S/c1-5-12-11-13-6-10(7-14-11)18(16,17)15(4)8-9(2)3/h6-7,9H,5,8H2,1-4H3,(H,12,13,14). The van der Waals surface area contributed by atoms with Crippen molar-refractivity contribution in [1.29, 1.82) is 0 Å². The quantitative estimate of drug-likeness (QED) is 0.841. The number of sulfonamides is 1. The molecule has 18 heavy (non-hydrogen) atoms. The fraction of sp³-hybridized carbons (Fsp3) is 0.636. The van der Waals surface area contributed by atoms with Gasteiger partial charge in [-0.3, -0.25) is 0 Å². The van der Waals surface area contributed by atoms with Crippen LogP contribution in [0.2, 0.25) is 0 Å². The minimum atomic E-state index is -3.49. The van der Waals surface area contributed by atoms with E-state index in [-0.39, 0.29) is 10.8 Å². The molecular weight excluding hydrogens is 252 g/mol. The molecular formula is C11H20N4O2S. The Bertz CT molecular complexity index is 470. The Morgan fingerprint density at radius 2 is 1.89 bits per heavy atom. The predicted molar refractivity (Wildman–Crippen MR) is 70.8 cm³/mol. The minimum absolute atomic E-state index is 0.118.